The van der Waals surface area contributed by atoms with Crippen LogP contribution in [0.4, 0.5) is 0 Å². The summed E-state index contributed by atoms with van der Waals surface area (Å²) in [7, 11) is 4.02. The number of rotatable bonds is 6. The minimum atomic E-state index is -0.508. The minimum Gasteiger partial charge on any atom is -0.379 e. The van der Waals surface area contributed by atoms with Crippen LogP contribution in [0.25, 0.3) is 0 Å². The number of hydrogen-bond donors (Lipinski definition) is 5. The Bertz CT molecular complexity index is 1080. The number of fused-ring (bicyclic) bond motifs is 1. The fourth-order valence-corrected chi connectivity index (χ4v) is 9.15. The Kier molecular flexibility index (Phi) is 10.0. The number of nitrogens with zero attached hydrogens (tertiary/aromatic N) is 3. The van der Waals surface area contributed by atoms with Gasteiger partial charge in [-0.25, -0.2) is 0 Å². The second-order valence-corrected chi connectivity index (χ2v) is 14.4. The van der Waals surface area contributed by atoms with Crippen LogP contribution in [0.5, 0.6) is 0 Å². The van der Waals surface area contributed by atoms with Crippen molar-refractivity contribution < 1.29 is 14.3 Å². The number of nitrogens with two attached hydrogens (primary N) is 2. The first kappa shape index (κ1) is 32.4. The number of piperidine rings is 2. The normalized spacial score (nSPS) is 41.7. The molecule has 0 spiro atoms. The van der Waals surface area contributed by atoms with Crippen molar-refractivity contribution in [2.75, 3.05) is 47.0 Å². The molecule has 0 aromatic rings. The van der Waals surface area contributed by atoms with Crippen LogP contribution >= 0.6 is 0 Å². The van der Waals surface area contributed by atoms with Crippen LogP contribution in [-0.4, -0.2) is 122 Å². The van der Waals surface area contributed by atoms with Gasteiger partial charge in [0.05, 0.1) is 30.6 Å². The van der Waals surface area contributed by atoms with E-state index in [1.807, 2.05) is 12.0 Å². The molecule has 0 radical (unpaired) electrons. The number of carbonyl (C=O) groups is 1. The summed E-state index contributed by atoms with van der Waals surface area (Å²) < 4.78 is 12.7. The molecule has 0 bridgehead atoms. The van der Waals surface area contributed by atoms with Gasteiger partial charge in [-0.1, -0.05) is 18.4 Å². The summed E-state index contributed by atoms with van der Waals surface area (Å²) >= 11 is 0. The third-order valence-electron chi connectivity index (χ3n) is 11.6. The highest BCUT2D eigenvalue weighted by atomic mass is 16.5. The van der Waals surface area contributed by atoms with Crippen LogP contribution in [0.1, 0.15) is 58.3 Å². The van der Waals surface area contributed by atoms with Gasteiger partial charge in [0.15, 0.2) is 0 Å². The second kappa shape index (κ2) is 13.6. The molecule has 1 amide bonds. The number of methoxy groups -OCH3 is 1. The highest BCUT2D eigenvalue weighted by molar-refractivity contribution is 5.87. The van der Waals surface area contributed by atoms with E-state index >= 15 is 0 Å². The van der Waals surface area contributed by atoms with Crippen LogP contribution in [0.3, 0.4) is 0 Å². The van der Waals surface area contributed by atoms with Crippen molar-refractivity contribution >= 4 is 5.91 Å². The molecule has 1 saturated carbocycles. The molecule has 6 fully saturated rings. The average Bonchev–Trinajstić information content (AvgIpc) is 3.30. The van der Waals surface area contributed by atoms with Crippen LogP contribution in [-0.2, 0) is 14.3 Å². The molecule has 44 heavy (non-hydrogen) atoms. The van der Waals surface area contributed by atoms with Gasteiger partial charge in [-0.3, -0.25) is 30.5 Å². The first-order chi connectivity index (χ1) is 21.2. The molecule has 7 N–H and O–H groups in total. The zero-order chi connectivity index (χ0) is 31.0. The van der Waals surface area contributed by atoms with Crippen molar-refractivity contribution in [1.29, 1.82) is 0 Å². The lowest BCUT2D eigenvalue weighted by Gasteiger charge is -2.50. The molecule has 5 heterocycles. The minimum absolute atomic E-state index is 0.0278. The largest absolute Gasteiger partial charge is 0.379 e. The van der Waals surface area contributed by atoms with Gasteiger partial charge in [0, 0.05) is 58.0 Å². The third kappa shape index (κ3) is 6.61. The monoisotopic (exact) mass is 612 g/mol. The number of ether oxygens (including phenoxy) is 2. The predicted octanol–water partition coefficient (Wildman–Crippen LogP) is 0.176. The van der Waals surface area contributed by atoms with Crippen molar-refractivity contribution in [2.24, 2.45) is 29.2 Å². The van der Waals surface area contributed by atoms with E-state index in [0.717, 1.165) is 64.7 Å². The van der Waals surface area contributed by atoms with Crippen LogP contribution < -0.4 is 27.4 Å². The van der Waals surface area contributed by atoms with E-state index in [1.165, 1.54) is 18.9 Å². The van der Waals surface area contributed by atoms with Gasteiger partial charge in [-0.05, 0) is 83.2 Å². The fraction of sp³-hybridized carbons (Fsp3) is 0.848. The maximum Gasteiger partial charge on any atom is 0.245 e. The first-order valence-corrected chi connectivity index (χ1v) is 17.0. The van der Waals surface area contributed by atoms with Gasteiger partial charge in [0.2, 0.25) is 5.91 Å². The SMILES string of the molecule is C=CC(=O)N1CCC(N2CC(N)(C#CC3C(C4CCC(OC5CCCC(C)N5)C(OC)C4)C4C(N)NCNC4N3C)C2)CC1. The standard InChI is InChI=1S/C33H56N8O3/c1-5-28(42)40-15-12-23(13-16-40)41-18-33(35,19-41)14-11-24-29(30-31(34)36-20-37-32(30)39(24)3)22-9-10-25(26(17-22)43-4)44-27-8-6-7-21(2)38-27/h5,21-27,29-32,36-38H,1,6-10,12-13,15-20,34-35H2,2-4H3. The smallest absolute Gasteiger partial charge is 0.245 e. The van der Waals surface area contributed by atoms with Crippen molar-refractivity contribution in [1.82, 2.24) is 30.7 Å². The topological polar surface area (TPSA) is 133 Å². The molecular weight excluding hydrogens is 556 g/mol. The highest BCUT2D eigenvalue weighted by Gasteiger charge is 2.54. The van der Waals surface area contributed by atoms with E-state index < -0.39 is 5.54 Å². The van der Waals surface area contributed by atoms with E-state index in [1.54, 1.807) is 0 Å². The van der Waals surface area contributed by atoms with E-state index in [2.05, 4.69) is 58.1 Å². The van der Waals surface area contributed by atoms with Crippen molar-refractivity contribution in [2.45, 2.75) is 113 Å². The highest BCUT2D eigenvalue weighted by Crippen LogP contribution is 2.46. The summed E-state index contributed by atoms with van der Waals surface area (Å²) in [6, 6.07) is 1.02. The van der Waals surface area contributed by atoms with Gasteiger partial charge in [0.1, 0.15) is 11.8 Å². The number of hydrogen-bond acceptors (Lipinski definition) is 10. The van der Waals surface area contributed by atoms with E-state index in [9.17, 15) is 4.79 Å². The molecule has 0 aromatic heterocycles. The van der Waals surface area contributed by atoms with Crippen molar-refractivity contribution in [3.63, 3.8) is 0 Å². The molecule has 0 aromatic carbocycles. The van der Waals surface area contributed by atoms with Crippen LogP contribution in [0, 0.1) is 29.6 Å². The Hall–Kier alpha value is -1.59. The Morgan fingerprint density at radius 2 is 1.84 bits per heavy atom. The lowest BCUT2D eigenvalue weighted by Crippen LogP contribution is -2.69. The summed E-state index contributed by atoms with van der Waals surface area (Å²) in [4.78, 5) is 18.7. The zero-order valence-electron chi connectivity index (χ0n) is 27.0. The van der Waals surface area contributed by atoms with E-state index in [-0.39, 0.29) is 48.6 Å². The Morgan fingerprint density at radius 3 is 2.55 bits per heavy atom. The Balaban J connectivity index is 1.12. The van der Waals surface area contributed by atoms with Crippen LogP contribution in [0.2, 0.25) is 0 Å². The zero-order valence-corrected chi connectivity index (χ0v) is 27.0. The third-order valence-corrected chi connectivity index (χ3v) is 11.6. The molecule has 1 aliphatic carbocycles. The van der Waals surface area contributed by atoms with Gasteiger partial charge >= 0.3 is 0 Å². The lowest BCUT2D eigenvalue weighted by molar-refractivity contribution is -0.137. The maximum absolute atomic E-state index is 12.0. The molecule has 11 nitrogen and oxygen atoms in total. The summed E-state index contributed by atoms with van der Waals surface area (Å²) in [5.41, 5.74) is 13.1. The van der Waals surface area contributed by atoms with Crippen molar-refractivity contribution in [3.8, 4) is 11.8 Å². The summed E-state index contributed by atoms with van der Waals surface area (Å²) in [5.74, 6) is 8.29. The number of amides is 1. The Labute approximate surface area is 264 Å². The molecule has 10 unspecified atom stereocenters. The van der Waals surface area contributed by atoms with Gasteiger partial charge in [-0.15, -0.1) is 0 Å². The lowest BCUT2D eigenvalue weighted by atomic mass is 9.69. The molecule has 5 saturated heterocycles. The summed E-state index contributed by atoms with van der Waals surface area (Å²) in [6.07, 6.45) is 10.2. The summed E-state index contributed by atoms with van der Waals surface area (Å²) in [5, 5.41) is 10.8. The Morgan fingerprint density at radius 1 is 1.07 bits per heavy atom. The van der Waals surface area contributed by atoms with E-state index in [4.69, 9.17) is 20.9 Å². The molecule has 246 valence electrons. The summed E-state index contributed by atoms with van der Waals surface area (Å²) in [6.45, 7) is 9.67. The quantitative estimate of drug-likeness (QED) is 0.209. The van der Waals surface area contributed by atoms with Crippen molar-refractivity contribution in [3.05, 3.63) is 12.7 Å². The number of likely N-dealkylation sites (tertiary alicyclic amines) is 3. The first-order valence-electron chi connectivity index (χ1n) is 17.0. The second-order valence-electron chi connectivity index (χ2n) is 14.4. The molecular formula is C33H56N8O3. The molecule has 11 heteroatoms. The molecule has 6 aliphatic rings. The van der Waals surface area contributed by atoms with Gasteiger partial charge < -0.3 is 25.8 Å². The molecule has 5 aliphatic heterocycles. The van der Waals surface area contributed by atoms with Crippen LogP contribution in [0.15, 0.2) is 12.7 Å². The van der Waals surface area contributed by atoms with Gasteiger partial charge in [-0.2, -0.15) is 0 Å². The van der Waals surface area contributed by atoms with E-state index in [0.29, 0.717) is 30.6 Å². The number of carbonyl (C=O) groups excluding carboxylic acids is 1. The molecule has 6 rings (SSSR count). The van der Waals surface area contributed by atoms with Gasteiger partial charge in [0.25, 0.3) is 0 Å². The molecule has 10 atom stereocenters. The maximum atomic E-state index is 12.0. The fourth-order valence-electron chi connectivity index (χ4n) is 9.15. The predicted molar refractivity (Wildman–Crippen MR) is 171 cm³/mol. The average molecular weight is 613 g/mol. The number of nitrogens with one attached hydrogen (secondary N) is 3.